The Balaban J connectivity index is 3.28. The van der Waals surface area contributed by atoms with Gasteiger partial charge in [0.25, 0.3) is 0 Å². The van der Waals surface area contributed by atoms with Gasteiger partial charge in [-0.1, -0.05) is 11.6 Å². The zero-order chi connectivity index (χ0) is 10.0. The molecule has 70 valence electrons. The molecule has 0 heterocycles. The molecule has 0 aliphatic heterocycles. The van der Waals surface area contributed by atoms with E-state index < -0.39 is 0 Å². The molecular formula is C9H10ClNO2. The predicted molar refractivity (Wildman–Crippen MR) is 52.4 cm³/mol. The Labute approximate surface area is 81.4 Å². The van der Waals surface area contributed by atoms with Crippen molar-refractivity contribution in [1.29, 1.82) is 0 Å². The third kappa shape index (κ3) is 1.92. The van der Waals surface area contributed by atoms with E-state index in [4.69, 9.17) is 22.1 Å². The molecule has 0 atom stereocenters. The van der Waals surface area contributed by atoms with Gasteiger partial charge in [0.1, 0.15) is 0 Å². The van der Waals surface area contributed by atoms with Gasteiger partial charge in [0.2, 0.25) is 0 Å². The third-order valence-electron chi connectivity index (χ3n) is 1.68. The Bertz CT molecular complexity index is 326. The van der Waals surface area contributed by atoms with Crippen molar-refractivity contribution in [3.8, 4) is 5.75 Å². The van der Waals surface area contributed by atoms with Crippen LogP contribution < -0.4 is 10.5 Å². The first-order valence-corrected chi connectivity index (χ1v) is 4.08. The average molecular weight is 200 g/mol. The maximum absolute atomic E-state index is 11.0. The summed E-state index contributed by atoms with van der Waals surface area (Å²) in [6.07, 6.45) is 0. The van der Waals surface area contributed by atoms with Gasteiger partial charge in [0, 0.05) is 5.56 Å². The van der Waals surface area contributed by atoms with Crippen LogP contribution in [0.4, 0.5) is 5.69 Å². The van der Waals surface area contributed by atoms with E-state index in [9.17, 15) is 4.79 Å². The molecule has 3 nitrogen and oxygen atoms in total. The van der Waals surface area contributed by atoms with Crippen molar-refractivity contribution in [2.75, 3.05) is 12.8 Å². The molecule has 0 radical (unpaired) electrons. The second-order valence-electron chi connectivity index (χ2n) is 2.64. The molecule has 0 saturated carbocycles. The lowest BCUT2D eigenvalue weighted by Gasteiger charge is -2.07. The first-order chi connectivity index (χ1) is 6.06. The Morgan fingerprint density at radius 3 is 2.54 bits per heavy atom. The molecule has 2 N–H and O–H groups in total. The van der Waals surface area contributed by atoms with Crippen LogP contribution in [0.1, 0.15) is 17.3 Å². The number of benzene rings is 1. The van der Waals surface area contributed by atoms with Crippen LogP contribution in [0.25, 0.3) is 0 Å². The zero-order valence-corrected chi connectivity index (χ0v) is 8.18. The Morgan fingerprint density at radius 1 is 1.54 bits per heavy atom. The lowest BCUT2D eigenvalue weighted by Crippen LogP contribution is -1.98. The minimum Gasteiger partial charge on any atom is -0.493 e. The number of rotatable bonds is 2. The van der Waals surface area contributed by atoms with Crippen molar-refractivity contribution in [2.24, 2.45) is 0 Å². The number of halogens is 1. The van der Waals surface area contributed by atoms with Gasteiger partial charge in [-0.05, 0) is 19.1 Å². The molecule has 1 rings (SSSR count). The normalized spacial score (nSPS) is 9.77. The molecule has 0 unspecified atom stereocenters. The fourth-order valence-electron chi connectivity index (χ4n) is 1.03. The van der Waals surface area contributed by atoms with Crippen LogP contribution in [0.15, 0.2) is 12.1 Å². The maximum atomic E-state index is 11.0. The molecule has 1 aromatic rings. The fourth-order valence-corrected chi connectivity index (χ4v) is 1.34. The minimum atomic E-state index is -0.0729. The van der Waals surface area contributed by atoms with E-state index in [0.717, 1.165) is 0 Å². The third-order valence-corrected chi connectivity index (χ3v) is 1.96. The van der Waals surface area contributed by atoms with E-state index >= 15 is 0 Å². The minimum absolute atomic E-state index is 0.0729. The van der Waals surface area contributed by atoms with E-state index in [1.165, 1.54) is 14.0 Å². The first-order valence-electron chi connectivity index (χ1n) is 3.70. The molecule has 1 aromatic carbocycles. The number of ketones is 1. The van der Waals surface area contributed by atoms with Gasteiger partial charge in [-0.2, -0.15) is 0 Å². The molecule has 4 heteroatoms. The van der Waals surface area contributed by atoms with E-state index in [1.807, 2.05) is 0 Å². The van der Waals surface area contributed by atoms with Crippen LogP contribution in [0.5, 0.6) is 5.75 Å². The molecule has 0 fully saturated rings. The molecule has 0 amide bonds. The fraction of sp³-hybridized carbons (Fsp3) is 0.222. The number of anilines is 1. The van der Waals surface area contributed by atoms with E-state index in [1.54, 1.807) is 12.1 Å². The quantitative estimate of drug-likeness (QED) is 0.587. The first kappa shape index (κ1) is 9.86. The van der Waals surface area contributed by atoms with Crippen LogP contribution in [-0.4, -0.2) is 12.9 Å². The van der Waals surface area contributed by atoms with E-state index in [2.05, 4.69) is 0 Å². The molecule has 0 spiro atoms. The highest BCUT2D eigenvalue weighted by Crippen LogP contribution is 2.32. The highest BCUT2D eigenvalue weighted by Gasteiger charge is 2.09. The molecule has 0 aliphatic rings. The number of nitrogens with two attached hydrogens (primary N) is 1. The van der Waals surface area contributed by atoms with Crippen molar-refractivity contribution < 1.29 is 9.53 Å². The number of hydrogen-bond acceptors (Lipinski definition) is 3. The molecule has 13 heavy (non-hydrogen) atoms. The predicted octanol–water partition coefficient (Wildman–Crippen LogP) is 2.13. The van der Waals surface area contributed by atoms with Gasteiger partial charge in [0.15, 0.2) is 11.5 Å². The SMILES string of the molecule is COc1c(N)cc(C(C)=O)cc1Cl. The zero-order valence-electron chi connectivity index (χ0n) is 7.43. The summed E-state index contributed by atoms with van der Waals surface area (Å²) in [6.45, 7) is 1.46. The Morgan fingerprint density at radius 2 is 2.15 bits per heavy atom. The van der Waals surface area contributed by atoms with Crippen molar-refractivity contribution in [2.45, 2.75) is 6.92 Å². The smallest absolute Gasteiger partial charge is 0.160 e. The standard InChI is InChI=1S/C9H10ClNO2/c1-5(12)6-3-7(10)9(13-2)8(11)4-6/h3-4H,11H2,1-2H3. The van der Waals surface area contributed by atoms with Gasteiger partial charge >= 0.3 is 0 Å². The van der Waals surface area contributed by atoms with Gasteiger partial charge in [-0.3, -0.25) is 4.79 Å². The van der Waals surface area contributed by atoms with Crippen LogP contribution in [0.3, 0.4) is 0 Å². The van der Waals surface area contributed by atoms with Crippen molar-refractivity contribution in [1.82, 2.24) is 0 Å². The van der Waals surface area contributed by atoms with Crippen molar-refractivity contribution in [3.05, 3.63) is 22.7 Å². The average Bonchev–Trinajstić information content (AvgIpc) is 2.03. The van der Waals surface area contributed by atoms with Gasteiger partial charge < -0.3 is 10.5 Å². The molecule has 0 aliphatic carbocycles. The second-order valence-corrected chi connectivity index (χ2v) is 3.04. The van der Waals surface area contributed by atoms with E-state index in [0.29, 0.717) is 22.0 Å². The lowest BCUT2D eigenvalue weighted by molar-refractivity contribution is 0.101. The summed E-state index contributed by atoms with van der Waals surface area (Å²) in [5.74, 6) is 0.336. The Kier molecular flexibility index (Phi) is 2.78. The van der Waals surface area contributed by atoms with Gasteiger partial charge in [0.05, 0.1) is 17.8 Å². The summed E-state index contributed by atoms with van der Waals surface area (Å²) in [5, 5.41) is 0.354. The summed E-state index contributed by atoms with van der Waals surface area (Å²) in [7, 11) is 1.48. The summed E-state index contributed by atoms with van der Waals surface area (Å²) in [5.41, 5.74) is 6.47. The number of nitrogen functional groups attached to an aromatic ring is 1. The van der Waals surface area contributed by atoms with Crippen molar-refractivity contribution >= 4 is 23.1 Å². The van der Waals surface area contributed by atoms with E-state index in [-0.39, 0.29) is 5.78 Å². The second kappa shape index (κ2) is 3.66. The number of Topliss-reactive ketones (excluding diaryl/α,β-unsaturated/α-hetero) is 1. The maximum Gasteiger partial charge on any atom is 0.160 e. The van der Waals surface area contributed by atoms with Gasteiger partial charge in [-0.25, -0.2) is 0 Å². The lowest BCUT2D eigenvalue weighted by atomic mass is 10.1. The topological polar surface area (TPSA) is 52.3 Å². The van der Waals surface area contributed by atoms with Crippen LogP contribution in [0, 0.1) is 0 Å². The summed E-state index contributed by atoms with van der Waals surface area (Å²) >= 11 is 5.82. The number of carbonyl (C=O) groups excluding carboxylic acids is 1. The molecule has 0 bridgehead atoms. The number of ether oxygens (including phenoxy) is 1. The van der Waals surface area contributed by atoms with Crippen molar-refractivity contribution in [3.63, 3.8) is 0 Å². The van der Waals surface area contributed by atoms with Gasteiger partial charge in [-0.15, -0.1) is 0 Å². The Hall–Kier alpha value is -1.22. The highest BCUT2D eigenvalue weighted by atomic mass is 35.5. The monoisotopic (exact) mass is 199 g/mol. The number of carbonyl (C=O) groups is 1. The highest BCUT2D eigenvalue weighted by molar-refractivity contribution is 6.33. The number of hydrogen-bond donors (Lipinski definition) is 1. The van der Waals surface area contributed by atoms with Crippen LogP contribution in [-0.2, 0) is 0 Å². The molecule has 0 aromatic heterocycles. The summed E-state index contributed by atoms with van der Waals surface area (Å²) in [6, 6.07) is 3.09. The summed E-state index contributed by atoms with van der Waals surface area (Å²) in [4.78, 5) is 11.0. The summed E-state index contributed by atoms with van der Waals surface area (Å²) < 4.78 is 4.94. The largest absolute Gasteiger partial charge is 0.493 e. The van der Waals surface area contributed by atoms with Crippen LogP contribution >= 0.6 is 11.6 Å². The number of methoxy groups -OCH3 is 1. The molecular weight excluding hydrogens is 190 g/mol. The van der Waals surface area contributed by atoms with Crippen LogP contribution in [0.2, 0.25) is 5.02 Å². The molecule has 0 saturated heterocycles.